The molecule has 1 fully saturated rings. The average Bonchev–Trinajstić information content (AvgIpc) is 3.14. The number of nitrogens with zero attached hydrogens (tertiary/aromatic N) is 4. The van der Waals surface area contributed by atoms with Crippen LogP contribution in [0.3, 0.4) is 0 Å². The zero-order valence-corrected chi connectivity index (χ0v) is 18.0. The number of carbonyl (C=O) groups is 1. The summed E-state index contributed by atoms with van der Waals surface area (Å²) in [5.41, 5.74) is 1.30. The van der Waals surface area contributed by atoms with Crippen LogP contribution in [0.2, 0.25) is 0 Å². The number of amides is 1. The first-order valence-electron chi connectivity index (χ1n) is 10.7. The van der Waals surface area contributed by atoms with Crippen molar-refractivity contribution in [2.75, 3.05) is 26.2 Å². The van der Waals surface area contributed by atoms with Crippen LogP contribution in [0.5, 0.6) is 5.75 Å². The summed E-state index contributed by atoms with van der Waals surface area (Å²) in [6, 6.07) is 8.77. The molecule has 2 bridgehead atoms. The first kappa shape index (κ1) is 20.3. The van der Waals surface area contributed by atoms with Crippen molar-refractivity contribution in [3.05, 3.63) is 39.8 Å². The molecule has 1 aromatic heterocycles. The number of aromatic nitrogens is 2. The second-order valence-electron chi connectivity index (χ2n) is 8.05. The number of rotatable bonds is 2. The fraction of sp³-hybridized carbons (Fsp3) is 0.591. The van der Waals surface area contributed by atoms with Gasteiger partial charge < -0.3 is 9.64 Å². The van der Waals surface area contributed by atoms with E-state index in [9.17, 15) is 4.79 Å². The predicted molar refractivity (Wildman–Crippen MR) is 114 cm³/mol. The standard InChI is InChI=1S/C22H30N4O2S/c1-17-23-24-21(29-17)15-25-11-5-13-28-20-8-4-6-18(14-20)9-10-19-7-2-3-12-26(19)22(27)16-25/h4,6,8,14,19H,2-3,5,7,9-13,15-16H2,1H3. The molecule has 3 heterocycles. The Morgan fingerprint density at radius 3 is 2.97 bits per heavy atom. The van der Waals surface area contributed by atoms with Crippen molar-refractivity contribution in [3.8, 4) is 5.75 Å². The lowest BCUT2D eigenvalue weighted by molar-refractivity contribution is -0.136. The van der Waals surface area contributed by atoms with Gasteiger partial charge in [-0.25, -0.2) is 0 Å². The van der Waals surface area contributed by atoms with Crippen LogP contribution < -0.4 is 4.74 Å². The van der Waals surface area contributed by atoms with E-state index >= 15 is 0 Å². The van der Waals surface area contributed by atoms with Gasteiger partial charge in [0.1, 0.15) is 15.8 Å². The number of benzene rings is 1. The van der Waals surface area contributed by atoms with Crippen LogP contribution in [-0.2, 0) is 17.8 Å². The third-order valence-corrected chi connectivity index (χ3v) is 6.61. The lowest BCUT2D eigenvalue weighted by Crippen LogP contribution is -2.48. The minimum Gasteiger partial charge on any atom is -0.494 e. The van der Waals surface area contributed by atoms with Crippen LogP contribution in [0.15, 0.2) is 24.3 Å². The van der Waals surface area contributed by atoms with E-state index in [1.54, 1.807) is 11.3 Å². The summed E-state index contributed by atoms with van der Waals surface area (Å²) >= 11 is 1.61. The van der Waals surface area contributed by atoms with Gasteiger partial charge in [-0.15, -0.1) is 21.5 Å². The molecule has 1 saturated heterocycles. The fourth-order valence-corrected chi connectivity index (χ4v) is 5.07. The van der Waals surface area contributed by atoms with E-state index in [0.717, 1.165) is 61.0 Å². The molecule has 2 aliphatic heterocycles. The molecule has 4 rings (SSSR count). The highest BCUT2D eigenvalue weighted by Crippen LogP contribution is 2.24. The van der Waals surface area contributed by atoms with Gasteiger partial charge in [0.05, 0.1) is 19.7 Å². The second kappa shape index (κ2) is 9.67. The van der Waals surface area contributed by atoms with Crippen molar-refractivity contribution in [2.45, 2.75) is 58.0 Å². The first-order chi connectivity index (χ1) is 14.2. The first-order valence-corrected chi connectivity index (χ1v) is 11.5. The Labute approximate surface area is 176 Å². The Morgan fingerprint density at radius 2 is 2.10 bits per heavy atom. The van der Waals surface area contributed by atoms with Crippen molar-refractivity contribution in [3.63, 3.8) is 0 Å². The summed E-state index contributed by atoms with van der Waals surface area (Å²) in [6.45, 7) is 5.43. The van der Waals surface area contributed by atoms with E-state index in [0.29, 0.717) is 25.7 Å². The maximum atomic E-state index is 13.2. The Balaban J connectivity index is 1.52. The number of carbonyl (C=O) groups excluding carboxylic acids is 1. The number of hydrogen-bond donors (Lipinski definition) is 0. The summed E-state index contributed by atoms with van der Waals surface area (Å²) < 4.78 is 5.98. The molecule has 1 unspecified atom stereocenters. The number of piperidine rings is 1. The fourth-order valence-electron chi connectivity index (χ4n) is 4.32. The topological polar surface area (TPSA) is 58.6 Å². The smallest absolute Gasteiger partial charge is 0.237 e. The van der Waals surface area contributed by atoms with Gasteiger partial charge in [-0.2, -0.15) is 0 Å². The predicted octanol–water partition coefficient (Wildman–Crippen LogP) is 3.44. The molecule has 6 nitrogen and oxygen atoms in total. The molecule has 0 N–H and O–H groups in total. The average molecular weight is 415 g/mol. The highest BCUT2D eigenvalue weighted by molar-refractivity contribution is 7.11. The van der Waals surface area contributed by atoms with Crippen molar-refractivity contribution in [1.29, 1.82) is 0 Å². The monoisotopic (exact) mass is 414 g/mol. The largest absolute Gasteiger partial charge is 0.494 e. The minimum absolute atomic E-state index is 0.252. The van der Waals surface area contributed by atoms with E-state index in [1.807, 2.05) is 13.0 Å². The van der Waals surface area contributed by atoms with Gasteiger partial charge >= 0.3 is 0 Å². The van der Waals surface area contributed by atoms with Gasteiger partial charge in [-0.1, -0.05) is 12.1 Å². The Kier molecular flexibility index (Phi) is 6.77. The molecule has 1 atom stereocenters. The van der Waals surface area contributed by atoms with Gasteiger partial charge in [0.2, 0.25) is 5.91 Å². The Morgan fingerprint density at radius 1 is 1.17 bits per heavy atom. The van der Waals surface area contributed by atoms with Gasteiger partial charge in [0, 0.05) is 19.1 Å². The molecule has 1 amide bonds. The van der Waals surface area contributed by atoms with E-state index in [4.69, 9.17) is 4.74 Å². The van der Waals surface area contributed by atoms with E-state index in [2.05, 4.69) is 38.2 Å². The van der Waals surface area contributed by atoms with E-state index in [-0.39, 0.29) is 5.91 Å². The highest BCUT2D eigenvalue weighted by Gasteiger charge is 2.28. The van der Waals surface area contributed by atoms with Crippen LogP contribution in [0.25, 0.3) is 0 Å². The summed E-state index contributed by atoms with van der Waals surface area (Å²) in [5, 5.41) is 10.3. The quantitative estimate of drug-likeness (QED) is 0.753. The number of hydrogen-bond acceptors (Lipinski definition) is 6. The van der Waals surface area contributed by atoms with Gasteiger partial charge in [-0.3, -0.25) is 9.69 Å². The van der Waals surface area contributed by atoms with Crippen LogP contribution in [0, 0.1) is 6.92 Å². The molecule has 0 radical (unpaired) electrons. The van der Waals surface area contributed by atoms with Crippen LogP contribution >= 0.6 is 11.3 Å². The van der Waals surface area contributed by atoms with Crippen molar-refractivity contribution in [2.24, 2.45) is 0 Å². The number of aryl methyl sites for hydroxylation is 2. The Bertz CT molecular complexity index is 825. The summed E-state index contributed by atoms with van der Waals surface area (Å²) in [7, 11) is 0. The maximum Gasteiger partial charge on any atom is 0.237 e. The molecular formula is C22H30N4O2S. The normalized spacial score (nSPS) is 21.9. The van der Waals surface area contributed by atoms with Gasteiger partial charge in [-0.05, 0) is 63.1 Å². The number of fused-ring (bicyclic) bond motifs is 3. The SMILES string of the molecule is Cc1nnc(CN2CCCOc3cccc(c3)CCC3CCCCN3C(=O)C2)s1. The van der Waals surface area contributed by atoms with Gasteiger partial charge in [0.25, 0.3) is 0 Å². The van der Waals surface area contributed by atoms with Crippen LogP contribution in [0.1, 0.15) is 47.7 Å². The molecule has 156 valence electrons. The minimum atomic E-state index is 0.252. The summed E-state index contributed by atoms with van der Waals surface area (Å²) in [6.07, 6.45) is 6.31. The zero-order valence-electron chi connectivity index (χ0n) is 17.2. The molecule has 2 aromatic rings. The van der Waals surface area contributed by atoms with Crippen LogP contribution in [0.4, 0.5) is 0 Å². The molecule has 29 heavy (non-hydrogen) atoms. The Hall–Kier alpha value is -1.99. The molecule has 0 aliphatic carbocycles. The third-order valence-electron chi connectivity index (χ3n) is 5.79. The zero-order chi connectivity index (χ0) is 20.1. The summed E-state index contributed by atoms with van der Waals surface area (Å²) in [4.78, 5) is 17.6. The lowest BCUT2D eigenvalue weighted by atomic mass is 9.95. The van der Waals surface area contributed by atoms with Crippen LogP contribution in [-0.4, -0.2) is 58.2 Å². The van der Waals surface area contributed by atoms with Crippen molar-refractivity contribution in [1.82, 2.24) is 20.0 Å². The van der Waals surface area contributed by atoms with Gasteiger partial charge in [0.15, 0.2) is 0 Å². The van der Waals surface area contributed by atoms with Crippen molar-refractivity contribution < 1.29 is 9.53 Å². The molecule has 1 aromatic carbocycles. The third kappa shape index (κ3) is 5.54. The highest BCUT2D eigenvalue weighted by atomic mass is 32.1. The van der Waals surface area contributed by atoms with Crippen molar-refractivity contribution >= 4 is 17.2 Å². The molecular weight excluding hydrogens is 384 g/mol. The maximum absolute atomic E-state index is 13.2. The summed E-state index contributed by atoms with van der Waals surface area (Å²) in [5.74, 6) is 1.20. The molecule has 7 heteroatoms. The molecule has 2 aliphatic rings. The lowest BCUT2D eigenvalue weighted by Gasteiger charge is -2.37. The van der Waals surface area contributed by atoms with E-state index in [1.165, 1.54) is 12.0 Å². The van der Waals surface area contributed by atoms with E-state index < -0.39 is 0 Å². The second-order valence-corrected chi connectivity index (χ2v) is 9.32. The molecule has 0 saturated carbocycles. The number of ether oxygens (including phenoxy) is 1. The molecule has 0 spiro atoms.